The van der Waals surface area contributed by atoms with Crippen LogP contribution in [0.25, 0.3) is 16.9 Å². The van der Waals surface area contributed by atoms with E-state index in [1.54, 1.807) is 38.7 Å². The summed E-state index contributed by atoms with van der Waals surface area (Å²) < 4.78 is 13.0. The molecule has 32 heavy (non-hydrogen) atoms. The number of thiazole rings is 1. The van der Waals surface area contributed by atoms with Gasteiger partial charge in [-0.3, -0.25) is 24.7 Å². The van der Waals surface area contributed by atoms with E-state index in [2.05, 4.69) is 4.98 Å². The molecular formula is C23H20N4O4S. The molecule has 8 nitrogen and oxygen atoms in total. The second-order valence-electron chi connectivity index (χ2n) is 6.76. The van der Waals surface area contributed by atoms with Crippen molar-refractivity contribution in [3.8, 4) is 28.4 Å². The summed E-state index contributed by atoms with van der Waals surface area (Å²) in [5, 5.41) is 13.1. The number of benzene rings is 2. The van der Waals surface area contributed by atoms with Crippen molar-refractivity contribution >= 4 is 17.0 Å². The molecule has 0 spiro atoms. The van der Waals surface area contributed by atoms with Crippen LogP contribution in [0.2, 0.25) is 0 Å². The highest BCUT2D eigenvalue weighted by Gasteiger charge is 2.16. The lowest BCUT2D eigenvalue weighted by atomic mass is 10.1. The minimum atomic E-state index is -0.415. The first-order valence-electron chi connectivity index (χ1n) is 9.68. The van der Waals surface area contributed by atoms with E-state index < -0.39 is 4.92 Å². The van der Waals surface area contributed by atoms with Crippen molar-refractivity contribution < 1.29 is 14.4 Å². The zero-order chi connectivity index (χ0) is 22.5. The Morgan fingerprint density at radius 3 is 2.59 bits per heavy atom. The van der Waals surface area contributed by atoms with Crippen molar-refractivity contribution in [1.82, 2.24) is 9.55 Å². The molecule has 0 aliphatic heterocycles. The normalized spacial score (nSPS) is 11.4. The van der Waals surface area contributed by atoms with Crippen LogP contribution in [0, 0.1) is 10.1 Å². The Morgan fingerprint density at radius 2 is 1.94 bits per heavy atom. The first-order valence-corrected chi connectivity index (χ1v) is 10.6. The van der Waals surface area contributed by atoms with Crippen molar-refractivity contribution in [3.63, 3.8) is 0 Å². The van der Waals surface area contributed by atoms with Crippen LogP contribution in [-0.2, 0) is 6.54 Å². The predicted molar refractivity (Wildman–Crippen MR) is 122 cm³/mol. The van der Waals surface area contributed by atoms with Crippen LogP contribution in [0.3, 0.4) is 0 Å². The lowest BCUT2D eigenvalue weighted by molar-refractivity contribution is -0.384. The topological polar surface area (TPSA) is 91.8 Å². The van der Waals surface area contributed by atoms with Crippen molar-refractivity contribution in [1.29, 1.82) is 0 Å². The van der Waals surface area contributed by atoms with Gasteiger partial charge in [0.2, 0.25) is 0 Å². The standard InChI is InChI=1S/C23H20N4O4S/c1-30-19-9-10-22(31-2)20(12-19)21-15-32-23(25-14-16-4-3-11-24-13-16)26(21)17-5-7-18(8-6-17)27(28)29/h3-13,15H,14H2,1-2H3. The molecule has 0 saturated carbocycles. The summed E-state index contributed by atoms with van der Waals surface area (Å²) in [6.45, 7) is 0.454. The maximum atomic E-state index is 11.1. The monoisotopic (exact) mass is 448 g/mol. The third kappa shape index (κ3) is 4.37. The first-order chi connectivity index (χ1) is 15.6. The van der Waals surface area contributed by atoms with E-state index in [0.29, 0.717) is 18.0 Å². The average molecular weight is 449 g/mol. The van der Waals surface area contributed by atoms with Crippen molar-refractivity contribution in [2.24, 2.45) is 4.99 Å². The first kappa shape index (κ1) is 21.3. The lowest BCUT2D eigenvalue weighted by Crippen LogP contribution is -2.14. The number of nitro groups is 1. The van der Waals surface area contributed by atoms with E-state index in [9.17, 15) is 10.1 Å². The van der Waals surface area contributed by atoms with Gasteiger partial charge in [0, 0.05) is 41.2 Å². The maximum Gasteiger partial charge on any atom is 0.269 e. The van der Waals surface area contributed by atoms with Crippen molar-refractivity contribution in [3.05, 3.63) is 92.9 Å². The fourth-order valence-corrected chi connectivity index (χ4v) is 4.14. The van der Waals surface area contributed by atoms with Crippen LogP contribution in [0.15, 0.2) is 77.4 Å². The minimum absolute atomic E-state index is 0.0268. The summed E-state index contributed by atoms with van der Waals surface area (Å²) in [4.78, 5) is 20.4. The van der Waals surface area contributed by atoms with E-state index >= 15 is 0 Å². The van der Waals surface area contributed by atoms with Gasteiger partial charge in [-0.1, -0.05) is 6.07 Å². The molecule has 0 aliphatic rings. The molecule has 0 bridgehead atoms. The highest BCUT2D eigenvalue weighted by Crippen LogP contribution is 2.35. The van der Waals surface area contributed by atoms with Crippen LogP contribution < -0.4 is 14.3 Å². The Balaban J connectivity index is 1.90. The highest BCUT2D eigenvalue weighted by atomic mass is 32.1. The largest absolute Gasteiger partial charge is 0.497 e. The number of aromatic nitrogens is 2. The number of hydrogen-bond donors (Lipinski definition) is 0. The number of ether oxygens (including phenoxy) is 2. The molecule has 2 heterocycles. The third-order valence-electron chi connectivity index (χ3n) is 4.83. The Morgan fingerprint density at radius 1 is 1.12 bits per heavy atom. The molecule has 0 atom stereocenters. The molecule has 4 rings (SSSR count). The highest BCUT2D eigenvalue weighted by molar-refractivity contribution is 7.07. The summed E-state index contributed by atoms with van der Waals surface area (Å²) in [6, 6.07) is 15.8. The van der Waals surface area contributed by atoms with E-state index in [-0.39, 0.29) is 5.69 Å². The van der Waals surface area contributed by atoms with Crippen molar-refractivity contribution in [2.45, 2.75) is 6.54 Å². The molecule has 0 N–H and O–H groups in total. The van der Waals surface area contributed by atoms with Gasteiger partial charge in [0.15, 0.2) is 4.80 Å². The van der Waals surface area contributed by atoms with E-state index in [4.69, 9.17) is 14.5 Å². The SMILES string of the molecule is COc1ccc(OC)c(-c2csc(=NCc3cccnc3)n2-c2ccc([N+](=O)[O-])cc2)c1. The molecule has 0 aliphatic carbocycles. The van der Waals surface area contributed by atoms with Gasteiger partial charge in [-0.05, 0) is 42.0 Å². The smallest absolute Gasteiger partial charge is 0.269 e. The number of nitro benzene ring substituents is 1. The van der Waals surface area contributed by atoms with Gasteiger partial charge in [-0.15, -0.1) is 11.3 Å². The van der Waals surface area contributed by atoms with Crippen LogP contribution >= 0.6 is 11.3 Å². The zero-order valence-corrected chi connectivity index (χ0v) is 18.3. The van der Waals surface area contributed by atoms with Gasteiger partial charge in [0.05, 0.1) is 31.4 Å². The van der Waals surface area contributed by atoms with Crippen LogP contribution in [0.5, 0.6) is 11.5 Å². The lowest BCUT2D eigenvalue weighted by Gasteiger charge is -2.13. The third-order valence-corrected chi connectivity index (χ3v) is 5.69. The summed E-state index contributed by atoms with van der Waals surface area (Å²) >= 11 is 1.47. The van der Waals surface area contributed by atoms with Crippen LogP contribution in [0.1, 0.15) is 5.56 Å². The summed E-state index contributed by atoms with van der Waals surface area (Å²) in [7, 11) is 3.22. The van der Waals surface area contributed by atoms with E-state index in [1.165, 1.54) is 23.5 Å². The fraction of sp³-hybridized carbons (Fsp3) is 0.130. The van der Waals surface area contributed by atoms with Gasteiger partial charge >= 0.3 is 0 Å². The molecule has 0 fully saturated rings. The molecule has 9 heteroatoms. The number of pyridine rings is 1. The second kappa shape index (κ2) is 9.44. The zero-order valence-electron chi connectivity index (χ0n) is 17.5. The van der Waals surface area contributed by atoms with Gasteiger partial charge in [-0.25, -0.2) is 0 Å². The maximum absolute atomic E-state index is 11.1. The Kier molecular flexibility index (Phi) is 6.27. The minimum Gasteiger partial charge on any atom is -0.497 e. The molecular weight excluding hydrogens is 428 g/mol. The molecule has 162 valence electrons. The van der Waals surface area contributed by atoms with Gasteiger partial charge < -0.3 is 9.47 Å². The van der Waals surface area contributed by atoms with Crippen LogP contribution in [-0.4, -0.2) is 28.7 Å². The van der Waals surface area contributed by atoms with E-state index in [1.807, 2.05) is 40.3 Å². The average Bonchev–Trinajstić information content (AvgIpc) is 3.26. The predicted octanol–water partition coefficient (Wildman–Crippen LogP) is 4.63. The fourth-order valence-electron chi connectivity index (χ4n) is 3.25. The van der Waals surface area contributed by atoms with Gasteiger partial charge in [0.25, 0.3) is 5.69 Å². The van der Waals surface area contributed by atoms with Gasteiger partial charge in [0.1, 0.15) is 11.5 Å². The second-order valence-corrected chi connectivity index (χ2v) is 7.59. The Labute approximate surface area is 188 Å². The molecule has 2 aromatic carbocycles. The van der Waals surface area contributed by atoms with Crippen LogP contribution in [0.4, 0.5) is 5.69 Å². The Hall–Kier alpha value is -3.98. The number of hydrogen-bond acceptors (Lipinski definition) is 7. The van der Waals surface area contributed by atoms with Gasteiger partial charge in [-0.2, -0.15) is 0 Å². The number of methoxy groups -OCH3 is 2. The molecule has 4 aromatic rings. The summed E-state index contributed by atoms with van der Waals surface area (Å²) in [5.41, 5.74) is 3.42. The molecule has 0 radical (unpaired) electrons. The molecule has 2 aromatic heterocycles. The number of rotatable bonds is 7. The van der Waals surface area contributed by atoms with E-state index in [0.717, 1.165) is 27.3 Å². The summed E-state index contributed by atoms with van der Waals surface area (Å²) in [6.07, 6.45) is 3.50. The summed E-state index contributed by atoms with van der Waals surface area (Å²) in [5.74, 6) is 1.37. The van der Waals surface area contributed by atoms with Crippen molar-refractivity contribution in [2.75, 3.05) is 14.2 Å². The number of nitrogens with zero attached hydrogens (tertiary/aromatic N) is 4. The Bertz CT molecular complexity index is 1300. The molecule has 0 saturated heterocycles. The number of non-ortho nitro benzene ring substituents is 1. The quantitative estimate of drug-likeness (QED) is 0.304. The molecule has 0 unspecified atom stereocenters. The molecule has 0 amide bonds.